The third-order valence-electron chi connectivity index (χ3n) is 7.58. The van der Waals surface area contributed by atoms with E-state index >= 15 is 0 Å². The predicted octanol–water partition coefficient (Wildman–Crippen LogP) is 3.30. The lowest BCUT2D eigenvalue weighted by Crippen LogP contribution is -2.50. The van der Waals surface area contributed by atoms with Crippen molar-refractivity contribution in [3.05, 3.63) is 40.1 Å². The van der Waals surface area contributed by atoms with Crippen LogP contribution in [0.15, 0.2) is 23.3 Å². The number of rotatable bonds is 5. The van der Waals surface area contributed by atoms with E-state index in [1.54, 1.807) is 10.6 Å². The van der Waals surface area contributed by atoms with E-state index in [0.29, 0.717) is 34.3 Å². The summed E-state index contributed by atoms with van der Waals surface area (Å²) in [5.41, 5.74) is 7.28. The van der Waals surface area contributed by atoms with Gasteiger partial charge in [0.2, 0.25) is 0 Å². The molecular weight excluding hydrogens is 392 g/mol. The summed E-state index contributed by atoms with van der Waals surface area (Å²) < 4.78 is 1.76. The van der Waals surface area contributed by atoms with Crippen LogP contribution in [-0.2, 0) is 12.1 Å². The van der Waals surface area contributed by atoms with Crippen LogP contribution in [-0.4, -0.2) is 20.4 Å². The molecule has 164 valence electrons. The van der Waals surface area contributed by atoms with Crippen LogP contribution in [0.3, 0.4) is 0 Å². The Morgan fingerprint density at radius 3 is 2.52 bits per heavy atom. The maximum Gasteiger partial charge on any atom is 0.276 e. The number of nitrogens with two attached hydrogens (primary N) is 1. The van der Waals surface area contributed by atoms with Crippen LogP contribution in [0.4, 0.5) is 17.3 Å². The second kappa shape index (κ2) is 7.07. The first-order chi connectivity index (χ1) is 14.8. The van der Waals surface area contributed by atoms with Gasteiger partial charge in [-0.2, -0.15) is 0 Å². The SMILES string of the molecule is CCC(C)Cc1cc(Nc2cc(N)ncn2)c(=O)n2c1C(=O)NC21CCC2(CC2)CC1. The van der Waals surface area contributed by atoms with Gasteiger partial charge in [0, 0.05) is 6.07 Å². The van der Waals surface area contributed by atoms with E-state index in [2.05, 4.69) is 34.4 Å². The Hall–Kier alpha value is -2.90. The molecule has 1 unspecified atom stereocenters. The lowest BCUT2D eigenvalue weighted by atomic mass is 9.79. The number of aromatic nitrogens is 3. The van der Waals surface area contributed by atoms with Crippen LogP contribution in [0.25, 0.3) is 0 Å². The molecule has 2 spiro atoms. The quantitative estimate of drug-likeness (QED) is 0.681. The van der Waals surface area contributed by atoms with Crippen molar-refractivity contribution in [1.82, 2.24) is 19.9 Å². The minimum Gasteiger partial charge on any atom is -0.384 e. The van der Waals surface area contributed by atoms with Crippen molar-refractivity contribution in [2.45, 2.75) is 70.9 Å². The van der Waals surface area contributed by atoms with E-state index < -0.39 is 5.66 Å². The van der Waals surface area contributed by atoms with Crippen molar-refractivity contribution in [3.8, 4) is 0 Å². The van der Waals surface area contributed by atoms with Gasteiger partial charge in [0.25, 0.3) is 11.5 Å². The van der Waals surface area contributed by atoms with Crippen molar-refractivity contribution >= 4 is 23.2 Å². The Kier molecular flexibility index (Phi) is 4.57. The molecule has 0 radical (unpaired) electrons. The molecule has 0 bridgehead atoms. The van der Waals surface area contributed by atoms with Crippen LogP contribution in [0.2, 0.25) is 0 Å². The Bertz CT molecular complexity index is 1090. The monoisotopic (exact) mass is 422 g/mol. The zero-order chi connectivity index (χ0) is 21.8. The van der Waals surface area contributed by atoms with Crippen LogP contribution in [0, 0.1) is 11.3 Å². The second-order valence-electron chi connectivity index (χ2n) is 9.73. The fourth-order valence-corrected chi connectivity index (χ4v) is 5.22. The molecule has 8 heteroatoms. The highest BCUT2D eigenvalue weighted by Gasteiger charge is 2.54. The Morgan fingerprint density at radius 1 is 1.16 bits per heavy atom. The number of carbonyl (C=O) groups is 1. The molecule has 2 aromatic rings. The number of nitrogen functional groups attached to an aromatic ring is 1. The minimum absolute atomic E-state index is 0.125. The smallest absolute Gasteiger partial charge is 0.276 e. The third kappa shape index (κ3) is 3.38. The van der Waals surface area contributed by atoms with Gasteiger partial charge < -0.3 is 16.4 Å². The van der Waals surface area contributed by atoms with Gasteiger partial charge in [-0.1, -0.05) is 20.3 Å². The number of nitrogens with one attached hydrogen (secondary N) is 2. The molecule has 3 heterocycles. The molecule has 2 saturated carbocycles. The summed E-state index contributed by atoms with van der Waals surface area (Å²) in [4.78, 5) is 34.9. The topological polar surface area (TPSA) is 115 Å². The number of nitrogens with zero attached hydrogens (tertiary/aromatic N) is 3. The van der Waals surface area contributed by atoms with Crippen molar-refractivity contribution in [2.75, 3.05) is 11.1 Å². The summed E-state index contributed by atoms with van der Waals surface area (Å²) >= 11 is 0. The first-order valence-electron chi connectivity index (χ1n) is 11.3. The van der Waals surface area contributed by atoms with Gasteiger partial charge in [0.15, 0.2) is 0 Å². The van der Waals surface area contributed by atoms with Crippen LogP contribution >= 0.6 is 0 Å². The number of carbonyl (C=O) groups excluding carboxylic acids is 1. The van der Waals surface area contributed by atoms with Crippen LogP contribution in [0.1, 0.15) is 74.8 Å². The summed E-state index contributed by atoms with van der Waals surface area (Å²) in [6.45, 7) is 4.31. The van der Waals surface area contributed by atoms with Gasteiger partial charge in [0.1, 0.15) is 35.0 Å². The third-order valence-corrected chi connectivity index (χ3v) is 7.58. The molecule has 4 N–H and O–H groups in total. The Labute approximate surface area is 181 Å². The maximum atomic E-state index is 13.7. The number of anilines is 3. The second-order valence-corrected chi connectivity index (χ2v) is 9.73. The number of amides is 1. The van der Waals surface area contributed by atoms with Crippen molar-refractivity contribution in [2.24, 2.45) is 11.3 Å². The van der Waals surface area contributed by atoms with E-state index in [0.717, 1.165) is 44.1 Å². The molecule has 1 atom stereocenters. The normalized spacial score (nSPS) is 21.0. The minimum atomic E-state index is -0.621. The van der Waals surface area contributed by atoms with Crippen molar-refractivity contribution in [1.29, 1.82) is 0 Å². The van der Waals surface area contributed by atoms with E-state index in [-0.39, 0.29) is 11.5 Å². The largest absolute Gasteiger partial charge is 0.384 e. The highest BCUT2D eigenvalue weighted by molar-refractivity contribution is 5.97. The lowest BCUT2D eigenvalue weighted by Gasteiger charge is -2.39. The molecule has 5 rings (SSSR count). The van der Waals surface area contributed by atoms with E-state index in [4.69, 9.17) is 5.73 Å². The van der Waals surface area contributed by atoms with Gasteiger partial charge in [-0.05, 0) is 67.9 Å². The van der Waals surface area contributed by atoms with E-state index in [9.17, 15) is 9.59 Å². The summed E-state index contributed by atoms with van der Waals surface area (Å²) in [5.74, 6) is 1.07. The van der Waals surface area contributed by atoms with Crippen molar-refractivity contribution < 1.29 is 4.79 Å². The van der Waals surface area contributed by atoms with Gasteiger partial charge in [-0.25, -0.2) is 9.97 Å². The number of hydrogen-bond donors (Lipinski definition) is 3. The van der Waals surface area contributed by atoms with Crippen LogP contribution in [0.5, 0.6) is 0 Å². The molecule has 2 fully saturated rings. The average molecular weight is 423 g/mol. The molecule has 2 aromatic heterocycles. The maximum absolute atomic E-state index is 13.7. The van der Waals surface area contributed by atoms with Crippen LogP contribution < -0.4 is 21.9 Å². The average Bonchev–Trinajstić information content (AvgIpc) is 3.44. The molecular formula is C23H30N6O2. The van der Waals surface area contributed by atoms with Gasteiger partial charge in [-0.3, -0.25) is 14.2 Å². The Morgan fingerprint density at radius 2 is 1.87 bits per heavy atom. The standard InChI is InChI=1S/C23H30N6O2/c1-3-14(2)10-15-11-16(27-18-12-17(24)25-13-26-18)21(31)29-19(15)20(30)28-23(29)8-6-22(4-5-22)7-9-23/h11-14H,3-10H2,1-2H3,(H,28,30)(H3,24,25,26,27). The first-order valence-corrected chi connectivity index (χ1v) is 11.3. The first kappa shape index (κ1) is 20.0. The zero-order valence-electron chi connectivity index (χ0n) is 18.2. The lowest BCUT2D eigenvalue weighted by molar-refractivity contribution is 0.0821. The summed E-state index contributed by atoms with van der Waals surface area (Å²) in [6.07, 6.45) is 9.37. The molecule has 1 aliphatic heterocycles. The molecule has 0 saturated heterocycles. The number of hydrogen-bond acceptors (Lipinski definition) is 6. The molecule has 8 nitrogen and oxygen atoms in total. The van der Waals surface area contributed by atoms with E-state index in [1.165, 1.54) is 19.2 Å². The van der Waals surface area contributed by atoms with Gasteiger partial charge in [0.05, 0.1) is 0 Å². The summed E-state index contributed by atoms with van der Waals surface area (Å²) in [6, 6.07) is 3.42. The predicted molar refractivity (Wildman–Crippen MR) is 119 cm³/mol. The highest BCUT2D eigenvalue weighted by Crippen LogP contribution is 2.59. The van der Waals surface area contributed by atoms with Crippen molar-refractivity contribution in [3.63, 3.8) is 0 Å². The summed E-state index contributed by atoms with van der Waals surface area (Å²) in [5, 5.41) is 6.36. The zero-order valence-corrected chi connectivity index (χ0v) is 18.2. The van der Waals surface area contributed by atoms with E-state index in [1.807, 2.05) is 6.07 Å². The summed E-state index contributed by atoms with van der Waals surface area (Å²) in [7, 11) is 0. The number of pyridine rings is 1. The molecule has 0 aromatic carbocycles. The fourth-order valence-electron chi connectivity index (χ4n) is 5.22. The fraction of sp³-hybridized carbons (Fsp3) is 0.565. The molecule has 31 heavy (non-hydrogen) atoms. The molecule has 1 amide bonds. The number of fused-ring (bicyclic) bond motifs is 2. The molecule has 2 aliphatic carbocycles. The van der Waals surface area contributed by atoms with Gasteiger partial charge in [-0.15, -0.1) is 0 Å². The Balaban J connectivity index is 1.62. The van der Waals surface area contributed by atoms with Gasteiger partial charge >= 0.3 is 0 Å². The highest BCUT2D eigenvalue weighted by atomic mass is 16.2. The molecule has 3 aliphatic rings.